The maximum absolute atomic E-state index is 11.6. The molecule has 0 spiro atoms. The van der Waals surface area contributed by atoms with Crippen LogP contribution in [0.1, 0.15) is 6.23 Å². The monoisotopic (exact) mass is 256 g/mol. The largest absolute Gasteiger partial charge is 0.394 e. The summed E-state index contributed by atoms with van der Waals surface area (Å²) < 4.78 is 6.57. The first-order chi connectivity index (χ1) is 8.58. The van der Waals surface area contributed by atoms with Gasteiger partial charge < -0.3 is 26.4 Å². The first-order valence-electron chi connectivity index (χ1n) is 5.57. The van der Waals surface area contributed by atoms with Gasteiger partial charge in [-0.3, -0.25) is 4.57 Å². The third-order valence-corrected chi connectivity index (χ3v) is 3.10. The number of ether oxygens (including phenoxy) is 1. The molecule has 0 saturated carbocycles. The minimum absolute atomic E-state index is 0.0952. The molecule has 1 saturated heterocycles. The number of hydrogen-bond donors (Lipinski definition) is 4. The lowest BCUT2D eigenvalue weighted by Gasteiger charge is -2.18. The van der Waals surface area contributed by atoms with Crippen LogP contribution in [-0.2, 0) is 4.74 Å². The quantitative estimate of drug-likeness (QED) is 0.475. The molecule has 100 valence electrons. The summed E-state index contributed by atoms with van der Waals surface area (Å²) in [7, 11) is 0. The fourth-order valence-corrected chi connectivity index (χ4v) is 2.11. The molecule has 1 fully saturated rings. The zero-order valence-corrected chi connectivity index (χ0v) is 9.64. The lowest BCUT2D eigenvalue weighted by atomic mass is 9.99. The smallest absolute Gasteiger partial charge is 0.351 e. The van der Waals surface area contributed by atoms with Crippen LogP contribution >= 0.6 is 0 Å². The van der Waals surface area contributed by atoms with E-state index in [1.165, 1.54) is 12.3 Å². The normalized spacial score (nSPS) is 31.7. The van der Waals surface area contributed by atoms with Crippen molar-refractivity contribution in [3.63, 3.8) is 0 Å². The van der Waals surface area contributed by atoms with Crippen molar-refractivity contribution in [2.75, 3.05) is 18.9 Å². The summed E-state index contributed by atoms with van der Waals surface area (Å²) in [4.78, 5) is 15.2. The van der Waals surface area contributed by atoms with E-state index >= 15 is 0 Å². The Hall–Kier alpha value is -1.48. The molecule has 6 N–H and O–H groups in total. The van der Waals surface area contributed by atoms with Crippen molar-refractivity contribution in [1.29, 1.82) is 0 Å². The highest BCUT2D eigenvalue weighted by atomic mass is 16.5. The number of rotatable bonds is 3. The van der Waals surface area contributed by atoms with Crippen LogP contribution in [0.25, 0.3) is 0 Å². The molecule has 0 aliphatic carbocycles. The highest BCUT2D eigenvalue weighted by Crippen LogP contribution is 2.32. The summed E-state index contributed by atoms with van der Waals surface area (Å²) in [6.07, 6.45) is -1.09. The number of aromatic nitrogens is 2. The average molecular weight is 256 g/mol. The third-order valence-electron chi connectivity index (χ3n) is 3.10. The van der Waals surface area contributed by atoms with E-state index in [1.807, 2.05) is 0 Å². The molecule has 0 aromatic carbocycles. The summed E-state index contributed by atoms with van der Waals surface area (Å²) in [5.41, 5.74) is 10.3. The molecule has 8 nitrogen and oxygen atoms in total. The van der Waals surface area contributed by atoms with Crippen LogP contribution in [0, 0.1) is 5.92 Å². The van der Waals surface area contributed by atoms with Gasteiger partial charge in [0.05, 0.1) is 12.7 Å². The molecule has 0 amide bonds. The second-order valence-electron chi connectivity index (χ2n) is 4.18. The predicted octanol–water partition coefficient (Wildman–Crippen LogP) is -2.35. The minimum Gasteiger partial charge on any atom is -0.394 e. The summed E-state index contributed by atoms with van der Waals surface area (Å²) >= 11 is 0. The van der Waals surface area contributed by atoms with Crippen molar-refractivity contribution >= 4 is 5.82 Å². The number of aliphatic hydroxyl groups is 2. The number of aliphatic hydroxyl groups excluding tert-OH is 2. The van der Waals surface area contributed by atoms with Crippen LogP contribution in [0.4, 0.5) is 5.82 Å². The van der Waals surface area contributed by atoms with Gasteiger partial charge in [0.25, 0.3) is 0 Å². The first-order valence-corrected chi connectivity index (χ1v) is 5.57. The zero-order valence-electron chi connectivity index (χ0n) is 9.64. The van der Waals surface area contributed by atoms with Gasteiger partial charge >= 0.3 is 5.69 Å². The summed E-state index contributed by atoms with van der Waals surface area (Å²) in [5.74, 6) is -0.331. The summed E-state index contributed by atoms with van der Waals surface area (Å²) in [5, 5.41) is 19.2. The molecule has 1 aliphatic rings. The number of nitrogens with zero attached hydrogens (tertiary/aromatic N) is 2. The molecule has 8 heteroatoms. The number of anilines is 1. The molecule has 1 aromatic heterocycles. The van der Waals surface area contributed by atoms with Gasteiger partial charge in [-0.25, -0.2) is 4.79 Å². The standard InChI is InChI=1S/C10H16N4O4/c11-3-5-6(4-15)18-9(8(5)16)14-2-1-7(12)13-10(14)17/h1-2,5-6,8-9,15-16H,3-4,11H2,(H2,12,13,17)/t5-,6-,8-,9-/m1/s1. The molecule has 18 heavy (non-hydrogen) atoms. The van der Waals surface area contributed by atoms with Gasteiger partial charge in [-0.15, -0.1) is 0 Å². The number of nitrogen functional groups attached to an aromatic ring is 1. The van der Waals surface area contributed by atoms with Crippen LogP contribution in [0.2, 0.25) is 0 Å². The summed E-state index contributed by atoms with van der Waals surface area (Å²) in [6, 6.07) is 1.43. The lowest BCUT2D eigenvalue weighted by molar-refractivity contribution is -0.0534. The second kappa shape index (κ2) is 5.02. The molecular formula is C10H16N4O4. The first kappa shape index (κ1) is 13.0. The Labute approximate surface area is 103 Å². The minimum atomic E-state index is -0.977. The fraction of sp³-hybridized carbons (Fsp3) is 0.600. The van der Waals surface area contributed by atoms with E-state index < -0.39 is 30.0 Å². The maximum atomic E-state index is 11.6. The van der Waals surface area contributed by atoms with Gasteiger partial charge in [0.1, 0.15) is 11.9 Å². The Morgan fingerprint density at radius 1 is 1.56 bits per heavy atom. The van der Waals surface area contributed by atoms with E-state index in [4.69, 9.17) is 21.3 Å². The van der Waals surface area contributed by atoms with Crippen molar-refractivity contribution in [1.82, 2.24) is 9.55 Å². The SMILES string of the molecule is NC[C@H]1[C@@H](O)[C@H](n2ccc(N)nc2=O)O[C@@H]1CO. The van der Waals surface area contributed by atoms with Crippen LogP contribution < -0.4 is 17.2 Å². The summed E-state index contributed by atoms with van der Waals surface area (Å²) in [6.45, 7) is -0.118. The van der Waals surface area contributed by atoms with Gasteiger partial charge in [0, 0.05) is 18.7 Å². The fourth-order valence-electron chi connectivity index (χ4n) is 2.11. The molecule has 2 heterocycles. The molecule has 2 rings (SSSR count). The molecule has 4 atom stereocenters. The van der Waals surface area contributed by atoms with Crippen LogP contribution in [0.3, 0.4) is 0 Å². The lowest BCUT2D eigenvalue weighted by Crippen LogP contribution is -2.36. The molecular weight excluding hydrogens is 240 g/mol. The van der Waals surface area contributed by atoms with Gasteiger partial charge in [-0.05, 0) is 6.07 Å². The van der Waals surface area contributed by atoms with E-state index in [0.717, 1.165) is 4.57 Å². The third kappa shape index (κ3) is 2.10. The molecule has 1 aromatic rings. The second-order valence-corrected chi connectivity index (χ2v) is 4.18. The van der Waals surface area contributed by atoms with Gasteiger partial charge in [-0.2, -0.15) is 4.98 Å². The van der Waals surface area contributed by atoms with Crippen LogP contribution in [-0.4, -0.2) is 45.1 Å². The van der Waals surface area contributed by atoms with Gasteiger partial charge in [0.15, 0.2) is 6.23 Å². The van der Waals surface area contributed by atoms with Crippen molar-refractivity contribution in [3.05, 3.63) is 22.7 Å². The zero-order chi connectivity index (χ0) is 13.3. The van der Waals surface area contributed by atoms with Crippen LogP contribution in [0.5, 0.6) is 0 Å². The Bertz CT molecular complexity index is 477. The molecule has 0 bridgehead atoms. The predicted molar refractivity (Wildman–Crippen MR) is 62.5 cm³/mol. The van der Waals surface area contributed by atoms with E-state index in [1.54, 1.807) is 0 Å². The topological polar surface area (TPSA) is 137 Å². The number of nitrogens with two attached hydrogens (primary N) is 2. The van der Waals surface area contributed by atoms with E-state index in [0.29, 0.717) is 0 Å². The maximum Gasteiger partial charge on any atom is 0.351 e. The average Bonchev–Trinajstić information content (AvgIpc) is 2.66. The van der Waals surface area contributed by atoms with Crippen molar-refractivity contribution in [3.8, 4) is 0 Å². The Morgan fingerprint density at radius 2 is 2.28 bits per heavy atom. The molecule has 0 radical (unpaired) electrons. The van der Waals surface area contributed by atoms with E-state index in [2.05, 4.69) is 4.98 Å². The van der Waals surface area contributed by atoms with Crippen molar-refractivity contribution < 1.29 is 14.9 Å². The molecule has 1 aliphatic heterocycles. The Morgan fingerprint density at radius 3 is 2.78 bits per heavy atom. The Kier molecular flexibility index (Phi) is 3.62. The van der Waals surface area contributed by atoms with Crippen molar-refractivity contribution in [2.45, 2.75) is 18.4 Å². The van der Waals surface area contributed by atoms with E-state index in [9.17, 15) is 9.90 Å². The van der Waals surface area contributed by atoms with Crippen LogP contribution in [0.15, 0.2) is 17.1 Å². The highest BCUT2D eigenvalue weighted by Gasteiger charge is 2.43. The van der Waals surface area contributed by atoms with Gasteiger partial charge in [0.2, 0.25) is 0 Å². The highest BCUT2D eigenvalue weighted by molar-refractivity contribution is 5.23. The Balaban J connectivity index is 2.32. The number of hydrogen-bond acceptors (Lipinski definition) is 7. The van der Waals surface area contributed by atoms with Crippen molar-refractivity contribution in [2.24, 2.45) is 11.7 Å². The molecule has 0 unspecified atom stereocenters. The van der Waals surface area contributed by atoms with E-state index in [-0.39, 0.29) is 19.0 Å². The van der Waals surface area contributed by atoms with Gasteiger partial charge in [-0.1, -0.05) is 0 Å².